The number of fused-ring (bicyclic) bond motifs is 2. The second kappa shape index (κ2) is 8.19. The second-order valence-electron chi connectivity index (χ2n) is 8.36. The lowest BCUT2D eigenvalue weighted by molar-refractivity contribution is 0.0698. The molecule has 5 rings (SSSR count). The van der Waals surface area contributed by atoms with Crippen molar-refractivity contribution in [2.24, 2.45) is 0 Å². The molecule has 1 atom stereocenters. The zero-order valence-corrected chi connectivity index (χ0v) is 18.9. The molecule has 2 aromatic carbocycles. The molecule has 170 valence electrons. The number of furan rings is 1. The average molecular weight is 454 g/mol. The number of pyridine rings is 1. The molecule has 2 N–H and O–H groups in total. The van der Waals surface area contributed by atoms with Crippen LogP contribution < -0.4 is 10.7 Å². The average Bonchev–Trinajstić information content (AvgIpc) is 3.25. The Bertz CT molecular complexity index is 1600. The van der Waals surface area contributed by atoms with Gasteiger partial charge in [0.15, 0.2) is 22.5 Å². The summed E-state index contributed by atoms with van der Waals surface area (Å²) in [5.41, 5.74) is 3.64. The van der Waals surface area contributed by atoms with Crippen molar-refractivity contribution in [3.8, 4) is 11.5 Å². The third-order valence-electron chi connectivity index (χ3n) is 5.93. The molecular weight excluding hydrogens is 432 g/mol. The molecule has 0 fully saturated rings. The molecule has 3 heterocycles. The van der Waals surface area contributed by atoms with Crippen molar-refractivity contribution < 1.29 is 18.7 Å². The highest BCUT2D eigenvalue weighted by molar-refractivity contribution is 5.94. The van der Waals surface area contributed by atoms with Gasteiger partial charge in [-0.05, 0) is 56.7 Å². The van der Waals surface area contributed by atoms with Gasteiger partial charge in [-0.15, -0.1) is 0 Å². The molecule has 7 nitrogen and oxygen atoms in total. The first kappa shape index (κ1) is 21.5. The molecule has 0 spiro atoms. The van der Waals surface area contributed by atoms with Crippen molar-refractivity contribution in [3.63, 3.8) is 0 Å². The van der Waals surface area contributed by atoms with Gasteiger partial charge >= 0.3 is 5.97 Å². The van der Waals surface area contributed by atoms with E-state index in [1.54, 1.807) is 43.6 Å². The van der Waals surface area contributed by atoms with E-state index < -0.39 is 5.97 Å². The van der Waals surface area contributed by atoms with Gasteiger partial charge in [0.25, 0.3) is 0 Å². The smallest absolute Gasteiger partial charge is 0.337 e. The van der Waals surface area contributed by atoms with Gasteiger partial charge in [0, 0.05) is 28.4 Å². The van der Waals surface area contributed by atoms with Crippen molar-refractivity contribution in [1.29, 1.82) is 0 Å². The fourth-order valence-electron chi connectivity index (χ4n) is 4.23. The predicted molar refractivity (Wildman–Crippen MR) is 130 cm³/mol. The van der Waals surface area contributed by atoms with E-state index in [1.165, 1.54) is 0 Å². The number of carboxylic acid groups (broad SMARTS) is 1. The van der Waals surface area contributed by atoms with Crippen LogP contribution in [0.2, 0.25) is 0 Å². The lowest BCUT2D eigenvalue weighted by atomic mass is 9.99. The summed E-state index contributed by atoms with van der Waals surface area (Å²) in [6.45, 7) is 5.54. The number of carboxylic acids is 1. The summed E-state index contributed by atoms with van der Waals surface area (Å²) in [5, 5.41) is 14.1. The zero-order valence-electron chi connectivity index (χ0n) is 18.9. The van der Waals surface area contributed by atoms with E-state index in [0.29, 0.717) is 39.3 Å². The minimum Gasteiger partial charge on any atom is -0.478 e. The number of nitrogens with one attached hydrogen (secondary N) is 1. The summed E-state index contributed by atoms with van der Waals surface area (Å²) < 4.78 is 12.3. The van der Waals surface area contributed by atoms with Crippen LogP contribution in [0.4, 0.5) is 5.69 Å². The van der Waals surface area contributed by atoms with Gasteiger partial charge in [0.1, 0.15) is 5.58 Å². The second-order valence-corrected chi connectivity index (χ2v) is 8.36. The number of carbonyl (C=O) groups is 1. The molecule has 7 heteroatoms. The largest absolute Gasteiger partial charge is 0.478 e. The van der Waals surface area contributed by atoms with E-state index >= 15 is 0 Å². The highest BCUT2D eigenvalue weighted by atomic mass is 16.4. The molecule has 1 unspecified atom stereocenters. The minimum absolute atomic E-state index is 0.141. The number of hydrogen-bond donors (Lipinski definition) is 2. The Morgan fingerprint density at radius 1 is 1.09 bits per heavy atom. The summed E-state index contributed by atoms with van der Waals surface area (Å²) in [7, 11) is 0. The van der Waals surface area contributed by atoms with Gasteiger partial charge in [-0.1, -0.05) is 18.2 Å². The maximum atomic E-state index is 13.4. The molecular formula is C27H22N2O5. The topological polar surface area (TPSA) is 106 Å². The fourth-order valence-corrected chi connectivity index (χ4v) is 4.23. The van der Waals surface area contributed by atoms with Crippen molar-refractivity contribution in [2.75, 3.05) is 5.32 Å². The number of aromatic carboxylic acids is 1. The van der Waals surface area contributed by atoms with E-state index in [-0.39, 0.29) is 17.0 Å². The van der Waals surface area contributed by atoms with Crippen LogP contribution in [0, 0.1) is 13.8 Å². The van der Waals surface area contributed by atoms with E-state index in [1.807, 2.05) is 38.1 Å². The molecule has 0 aliphatic carbocycles. The Kier molecular flexibility index (Phi) is 5.17. The molecule has 34 heavy (non-hydrogen) atoms. The summed E-state index contributed by atoms with van der Waals surface area (Å²) >= 11 is 0. The highest BCUT2D eigenvalue weighted by Gasteiger charge is 2.21. The number of nitrogens with zero attached hydrogens (tertiary/aromatic N) is 1. The number of aryl methyl sites for hydroxylation is 1. The van der Waals surface area contributed by atoms with Gasteiger partial charge in [0.2, 0.25) is 0 Å². The lowest BCUT2D eigenvalue weighted by Crippen LogP contribution is -2.13. The van der Waals surface area contributed by atoms with Gasteiger partial charge in [-0.25, -0.2) is 4.79 Å². The number of benzene rings is 2. The van der Waals surface area contributed by atoms with Crippen LogP contribution in [0.1, 0.15) is 40.0 Å². The van der Waals surface area contributed by atoms with Crippen LogP contribution in [0.5, 0.6) is 0 Å². The number of para-hydroxylation sites is 1. The molecule has 0 aliphatic heterocycles. The predicted octanol–water partition coefficient (Wildman–Crippen LogP) is 6.09. The molecule has 0 bridgehead atoms. The standard InChI is InChI=1S/C27H22N2O5/c1-14-10-19(16(3)29-21-7-5-4-6-18(21)27(31)32)26-20(11-14)24(30)15(2)25(34-26)22-12-17-8-9-28-13-23(17)33-22/h4-13,16,29H,1-3H3,(H,31,32). The van der Waals surface area contributed by atoms with Gasteiger partial charge < -0.3 is 19.3 Å². The van der Waals surface area contributed by atoms with Crippen molar-refractivity contribution in [3.05, 3.63) is 93.4 Å². The number of hydrogen-bond acceptors (Lipinski definition) is 6. The van der Waals surface area contributed by atoms with Crippen molar-refractivity contribution >= 4 is 33.6 Å². The summed E-state index contributed by atoms with van der Waals surface area (Å²) in [6, 6.07) is 13.8. The molecule has 0 saturated heterocycles. The highest BCUT2D eigenvalue weighted by Crippen LogP contribution is 2.34. The van der Waals surface area contributed by atoms with E-state index in [9.17, 15) is 14.7 Å². The van der Waals surface area contributed by atoms with Gasteiger partial charge in [-0.2, -0.15) is 0 Å². The van der Waals surface area contributed by atoms with Crippen LogP contribution in [0.15, 0.2) is 74.6 Å². The first-order chi connectivity index (χ1) is 16.3. The first-order valence-corrected chi connectivity index (χ1v) is 10.8. The number of aromatic nitrogens is 1. The molecule has 3 aromatic heterocycles. The van der Waals surface area contributed by atoms with Crippen LogP contribution in [0.3, 0.4) is 0 Å². The van der Waals surface area contributed by atoms with E-state index in [0.717, 1.165) is 16.5 Å². The molecule has 0 amide bonds. The first-order valence-electron chi connectivity index (χ1n) is 10.8. The van der Waals surface area contributed by atoms with Crippen molar-refractivity contribution in [2.45, 2.75) is 26.8 Å². The van der Waals surface area contributed by atoms with Crippen molar-refractivity contribution in [1.82, 2.24) is 4.98 Å². The number of anilines is 1. The van der Waals surface area contributed by atoms with Gasteiger partial charge in [-0.3, -0.25) is 9.78 Å². The molecule has 0 aliphatic rings. The van der Waals surface area contributed by atoms with Gasteiger partial charge in [0.05, 0.1) is 23.2 Å². The maximum Gasteiger partial charge on any atom is 0.337 e. The minimum atomic E-state index is -1.02. The summed E-state index contributed by atoms with van der Waals surface area (Å²) in [4.78, 5) is 29.1. The Morgan fingerprint density at radius 3 is 2.65 bits per heavy atom. The Balaban J connectivity index is 1.68. The van der Waals surface area contributed by atoms with Crippen LogP contribution in [-0.2, 0) is 0 Å². The zero-order chi connectivity index (χ0) is 24.0. The number of rotatable bonds is 5. The Labute approximate surface area is 194 Å². The Morgan fingerprint density at radius 2 is 1.88 bits per heavy atom. The molecule has 5 aromatic rings. The third-order valence-corrected chi connectivity index (χ3v) is 5.93. The SMILES string of the molecule is Cc1cc(C(C)Nc2ccccc2C(=O)O)c2oc(-c3cc4ccncc4o3)c(C)c(=O)c2c1. The molecule has 0 radical (unpaired) electrons. The summed E-state index contributed by atoms with van der Waals surface area (Å²) in [6.07, 6.45) is 3.29. The quantitative estimate of drug-likeness (QED) is 0.331. The van der Waals surface area contributed by atoms with E-state index in [2.05, 4.69) is 10.3 Å². The monoisotopic (exact) mass is 454 g/mol. The third kappa shape index (κ3) is 3.61. The normalized spacial score (nSPS) is 12.2. The van der Waals surface area contributed by atoms with Crippen LogP contribution in [-0.4, -0.2) is 16.1 Å². The fraction of sp³-hybridized carbons (Fsp3) is 0.148. The van der Waals surface area contributed by atoms with E-state index in [4.69, 9.17) is 8.83 Å². The lowest BCUT2D eigenvalue weighted by Gasteiger charge is -2.19. The van der Waals surface area contributed by atoms with Crippen LogP contribution >= 0.6 is 0 Å². The summed E-state index contributed by atoms with van der Waals surface area (Å²) in [5.74, 6) is -0.215. The molecule has 0 saturated carbocycles. The van der Waals surface area contributed by atoms with Crippen LogP contribution in [0.25, 0.3) is 33.5 Å². The maximum absolute atomic E-state index is 13.4. The Hall–Kier alpha value is -4.39.